The number of hydrogen-bond acceptors (Lipinski definition) is 2. The summed E-state index contributed by atoms with van der Waals surface area (Å²) in [6.45, 7) is 4.32. The van der Waals surface area contributed by atoms with Crippen LogP contribution in [0.15, 0.2) is 54.7 Å². The highest BCUT2D eigenvalue weighted by Crippen LogP contribution is 2.41. The largest absolute Gasteiger partial charge is 0.355 e. The van der Waals surface area contributed by atoms with Gasteiger partial charge in [0.2, 0.25) is 11.8 Å². The maximum atomic E-state index is 13.0. The van der Waals surface area contributed by atoms with E-state index in [0.717, 1.165) is 24.0 Å². The number of fused-ring (bicyclic) bond motifs is 1. The summed E-state index contributed by atoms with van der Waals surface area (Å²) in [5, 5.41) is 3.22. The topological polar surface area (TPSA) is 49.4 Å². The molecule has 0 aromatic heterocycles. The molecule has 1 aliphatic heterocycles. The molecule has 1 N–H and O–H groups in total. The van der Waals surface area contributed by atoms with Crippen molar-refractivity contribution in [2.24, 2.45) is 0 Å². The molecule has 1 fully saturated rings. The monoisotopic (exact) mass is 402 g/mol. The van der Waals surface area contributed by atoms with Gasteiger partial charge in [-0.25, -0.2) is 0 Å². The number of benzene rings is 2. The van der Waals surface area contributed by atoms with Crippen LogP contribution in [0.3, 0.4) is 0 Å². The van der Waals surface area contributed by atoms with Crippen LogP contribution in [0.1, 0.15) is 67.3 Å². The Balaban J connectivity index is 1.50. The van der Waals surface area contributed by atoms with E-state index in [-0.39, 0.29) is 29.7 Å². The molecule has 2 amide bonds. The Morgan fingerprint density at radius 3 is 2.60 bits per heavy atom. The van der Waals surface area contributed by atoms with Gasteiger partial charge in [-0.3, -0.25) is 9.59 Å². The lowest BCUT2D eigenvalue weighted by molar-refractivity contribution is -0.130. The number of carbonyl (C=O) groups is 2. The zero-order chi connectivity index (χ0) is 21.1. The van der Waals surface area contributed by atoms with Crippen LogP contribution in [0.4, 0.5) is 0 Å². The third-order valence-corrected chi connectivity index (χ3v) is 6.66. The molecule has 4 nitrogen and oxygen atoms in total. The average molecular weight is 403 g/mol. The van der Waals surface area contributed by atoms with E-state index in [1.807, 2.05) is 30.3 Å². The molecular formula is C26H30N2O2. The Morgan fingerprint density at radius 2 is 1.87 bits per heavy atom. The van der Waals surface area contributed by atoms with E-state index in [0.29, 0.717) is 6.54 Å². The first kappa shape index (κ1) is 20.4. The van der Waals surface area contributed by atoms with Crippen molar-refractivity contribution in [2.75, 3.05) is 6.54 Å². The average Bonchev–Trinajstić information content (AvgIpc) is 3.23. The lowest BCUT2D eigenvalue weighted by Crippen LogP contribution is -2.41. The first-order valence-electron chi connectivity index (χ1n) is 10.9. The van der Waals surface area contributed by atoms with Crippen LogP contribution in [0.5, 0.6) is 0 Å². The normalized spacial score (nSPS) is 19.4. The van der Waals surface area contributed by atoms with Gasteiger partial charge in [0.25, 0.3) is 0 Å². The van der Waals surface area contributed by atoms with Crippen LogP contribution < -0.4 is 5.32 Å². The molecule has 2 aromatic carbocycles. The van der Waals surface area contributed by atoms with Crippen molar-refractivity contribution in [3.05, 3.63) is 77.0 Å². The van der Waals surface area contributed by atoms with Crippen molar-refractivity contribution in [2.45, 2.75) is 57.4 Å². The Kier molecular flexibility index (Phi) is 5.76. The lowest BCUT2D eigenvalue weighted by Gasteiger charge is -2.33. The summed E-state index contributed by atoms with van der Waals surface area (Å²) in [5.41, 5.74) is 4.70. The number of rotatable bonds is 5. The number of carbonyl (C=O) groups excluding carboxylic acids is 2. The van der Waals surface area contributed by atoms with Gasteiger partial charge in [-0.2, -0.15) is 0 Å². The second kappa shape index (κ2) is 8.47. The lowest BCUT2D eigenvalue weighted by atomic mass is 9.78. The van der Waals surface area contributed by atoms with Crippen molar-refractivity contribution >= 4 is 17.9 Å². The highest BCUT2D eigenvalue weighted by molar-refractivity contribution is 5.81. The van der Waals surface area contributed by atoms with E-state index in [2.05, 4.69) is 36.5 Å². The maximum absolute atomic E-state index is 13.0. The van der Waals surface area contributed by atoms with Crippen LogP contribution in [0, 0.1) is 6.92 Å². The summed E-state index contributed by atoms with van der Waals surface area (Å²) < 4.78 is 0. The van der Waals surface area contributed by atoms with E-state index >= 15 is 0 Å². The van der Waals surface area contributed by atoms with Gasteiger partial charge < -0.3 is 10.2 Å². The molecule has 0 radical (unpaired) electrons. The van der Waals surface area contributed by atoms with Crippen LogP contribution in [0.25, 0.3) is 6.08 Å². The van der Waals surface area contributed by atoms with Gasteiger partial charge in [0.05, 0.1) is 12.5 Å². The fourth-order valence-electron chi connectivity index (χ4n) is 5.02. The second-order valence-electron chi connectivity index (χ2n) is 8.72. The molecule has 30 heavy (non-hydrogen) atoms. The molecule has 0 spiro atoms. The Hall–Kier alpha value is -2.88. The predicted octanol–water partition coefficient (Wildman–Crippen LogP) is 4.89. The summed E-state index contributed by atoms with van der Waals surface area (Å²) in [4.78, 5) is 26.9. The SMILES string of the molecule is CC(=O)N1C=Cc2ccccc2C1CC(=O)NCC1(c2cccc(C)c2)CCCC1. The Labute approximate surface area is 179 Å². The van der Waals surface area contributed by atoms with E-state index in [1.165, 1.54) is 24.0 Å². The van der Waals surface area contributed by atoms with Gasteiger partial charge in [-0.15, -0.1) is 0 Å². The number of nitrogens with one attached hydrogen (secondary N) is 1. The van der Waals surface area contributed by atoms with E-state index in [4.69, 9.17) is 0 Å². The summed E-state index contributed by atoms with van der Waals surface area (Å²) in [5.74, 6) is -0.0548. The second-order valence-corrected chi connectivity index (χ2v) is 8.72. The van der Waals surface area contributed by atoms with Crippen molar-refractivity contribution in [3.8, 4) is 0 Å². The van der Waals surface area contributed by atoms with Gasteiger partial charge >= 0.3 is 0 Å². The number of aryl methyl sites for hydroxylation is 1. The van der Waals surface area contributed by atoms with Crippen LogP contribution >= 0.6 is 0 Å². The highest BCUT2D eigenvalue weighted by Gasteiger charge is 2.36. The highest BCUT2D eigenvalue weighted by atomic mass is 16.2. The fourth-order valence-corrected chi connectivity index (χ4v) is 5.02. The predicted molar refractivity (Wildman–Crippen MR) is 120 cm³/mol. The van der Waals surface area contributed by atoms with Crippen molar-refractivity contribution in [1.29, 1.82) is 0 Å². The quantitative estimate of drug-likeness (QED) is 0.774. The first-order chi connectivity index (χ1) is 14.5. The van der Waals surface area contributed by atoms with Gasteiger partial charge in [-0.05, 0) is 42.5 Å². The molecule has 0 bridgehead atoms. The van der Waals surface area contributed by atoms with E-state index in [1.54, 1.807) is 18.0 Å². The number of nitrogens with zero attached hydrogens (tertiary/aromatic N) is 1. The number of hydrogen-bond donors (Lipinski definition) is 1. The third kappa shape index (κ3) is 4.04. The summed E-state index contributed by atoms with van der Waals surface area (Å²) in [6, 6.07) is 16.4. The minimum Gasteiger partial charge on any atom is -0.355 e. The van der Waals surface area contributed by atoms with E-state index in [9.17, 15) is 9.59 Å². The summed E-state index contributed by atoms with van der Waals surface area (Å²) >= 11 is 0. The molecule has 1 aliphatic carbocycles. The van der Waals surface area contributed by atoms with Crippen LogP contribution in [-0.2, 0) is 15.0 Å². The van der Waals surface area contributed by atoms with Gasteiger partial charge in [0, 0.05) is 25.1 Å². The molecule has 156 valence electrons. The smallest absolute Gasteiger partial charge is 0.223 e. The minimum absolute atomic E-state index is 0.00437. The zero-order valence-corrected chi connectivity index (χ0v) is 17.9. The molecule has 2 aromatic rings. The van der Waals surface area contributed by atoms with Gasteiger partial charge in [-0.1, -0.05) is 66.9 Å². The van der Waals surface area contributed by atoms with Crippen molar-refractivity contribution in [3.63, 3.8) is 0 Å². The third-order valence-electron chi connectivity index (χ3n) is 6.66. The van der Waals surface area contributed by atoms with Crippen LogP contribution in [0.2, 0.25) is 0 Å². The van der Waals surface area contributed by atoms with Crippen LogP contribution in [-0.4, -0.2) is 23.3 Å². The molecule has 1 atom stereocenters. The molecule has 1 unspecified atom stereocenters. The Morgan fingerprint density at radius 1 is 1.10 bits per heavy atom. The van der Waals surface area contributed by atoms with Gasteiger partial charge in [0.1, 0.15) is 0 Å². The Bertz CT molecular complexity index is 973. The van der Waals surface area contributed by atoms with Crippen molar-refractivity contribution < 1.29 is 9.59 Å². The molecule has 0 saturated heterocycles. The molecule has 4 rings (SSSR count). The zero-order valence-electron chi connectivity index (χ0n) is 17.9. The summed E-state index contributed by atoms with van der Waals surface area (Å²) in [7, 11) is 0. The summed E-state index contributed by atoms with van der Waals surface area (Å²) in [6.07, 6.45) is 8.61. The molecular weight excluding hydrogens is 372 g/mol. The molecule has 1 heterocycles. The van der Waals surface area contributed by atoms with Gasteiger partial charge in [0.15, 0.2) is 0 Å². The standard InChI is InChI=1S/C26H30N2O2/c1-19-8-7-10-22(16-19)26(13-5-6-14-26)18-27-25(30)17-24-23-11-4-3-9-21(23)12-15-28(24)20(2)29/h3-4,7-12,15-16,24H,5-6,13-14,17-18H2,1-2H3,(H,27,30). The van der Waals surface area contributed by atoms with Crippen molar-refractivity contribution in [1.82, 2.24) is 10.2 Å². The number of amides is 2. The fraction of sp³-hybridized carbons (Fsp3) is 0.385. The molecule has 4 heteroatoms. The minimum atomic E-state index is -0.262. The maximum Gasteiger partial charge on any atom is 0.223 e. The first-order valence-corrected chi connectivity index (χ1v) is 10.9. The molecule has 2 aliphatic rings. The molecule has 1 saturated carbocycles. The van der Waals surface area contributed by atoms with E-state index < -0.39 is 0 Å².